The number of aromatic carboxylic acids is 1. The van der Waals surface area contributed by atoms with Gasteiger partial charge in [-0.25, -0.2) is 4.79 Å². The Morgan fingerprint density at radius 2 is 1.95 bits per heavy atom. The van der Waals surface area contributed by atoms with Crippen molar-refractivity contribution in [1.82, 2.24) is 0 Å². The molecule has 22 heavy (non-hydrogen) atoms. The van der Waals surface area contributed by atoms with E-state index < -0.39 is 5.97 Å². The molecule has 1 aromatic heterocycles. The lowest BCUT2D eigenvalue weighted by Gasteiger charge is -2.05. The molecule has 0 unspecified atom stereocenters. The Hall–Kier alpha value is -2.14. The standard InChI is InChI=1S/C17H17NO3S/c19-14(10-9-11-5-2-1-3-6-11)18-16-15(17(20)21)12-7-4-8-13(12)22-16/h1-3,5-6H,4,7-10H2,(H,18,19)(H,20,21). The predicted molar refractivity (Wildman–Crippen MR) is 86.7 cm³/mol. The van der Waals surface area contributed by atoms with Gasteiger partial charge in [-0.2, -0.15) is 0 Å². The molecular formula is C17H17NO3S. The highest BCUT2D eigenvalue weighted by Crippen LogP contribution is 2.39. The molecule has 0 aliphatic heterocycles. The number of carbonyl (C=O) groups excluding carboxylic acids is 1. The van der Waals surface area contributed by atoms with Crippen molar-refractivity contribution in [3.05, 3.63) is 51.9 Å². The maximum atomic E-state index is 12.1. The minimum Gasteiger partial charge on any atom is -0.478 e. The third-order valence-electron chi connectivity index (χ3n) is 3.87. The van der Waals surface area contributed by atoms with Crippen LogP contribution in [-0.2, 0) is 24.1 Å². The van der Waals surface area contributed by atoms with Gasteiger partial charge < -0.3 is 10.4 Å². The van der Waals surface area contributed by atoms with E-state index in [1.807, 2.05) is 30.3 Å². The maximum absolute atomic E-state index is 12.1. The lowest BCUT2D eigenvalue weighted by atomic mass is 10.1. The Morgan fingerprint density at radius 3 is 2.68 bits per heavy atom. The van der Waals surface area contributed by atoms with Gasteiger partial charge in [-0.1, -0.05) is 30.3 Å². The van der Waals surface area contributed by atoms with E-state index >= 15 is 0 Å². The molecule has 0 bridgehead atoms. The fourth-order valence-electron chi connectivity index (χ4n) is 2.81. The average Bonchev–Trinajstić information content (AvgIpc) is 3.06. The molecule has 5 heteroatoms. The normalized spacial score (nSPS) is 12.9. The molecule has 0 fully saturated rings. The third-order valence-corrected chi connectivity index (χ3v) is 5.08. The van der Waals surface area contributed by atoms with Gasteiger partial charge >= 0.3 is 5.97 Å². The van der Waals surface area contributed by atoms with E-state index in [0.717, 1.165) is 35.3 Å². The molecule has 4 nitrogen and oxygen atoms in total. The topological polar surface area (TPSA) is 66.4 Å². The van der Waals surface area contributed by atoms with Gasteiger partial charge in [0.25, 0.3) is 0 Å². The molecule has 1 aromatic carbocycles. The Bertz CT molecular complexity index is 706. The number of fused-ring (bicyclic) bond motifs is 1. The Balaban J connectivity index is 1.68. The first-order valence-corrected chi connectivity index (χ1v) is 8.18. The van der Waals surface area contributed by atoms with Crippen LogP contribution in [-0.4, -0.2) is 17.0 Å². The smallest absolute Gasteiger partial charge is 0.339 e. The first-order chi connectivity index (χ1) is 10.6. The fraction of sp³-hybridized carbons (Fsp3) is 0.294. The second-order valence-corrected chi connectivity index (χ2v) is 6.51. The highest BCUT2D eigenvalue weighted by Gasteiger charge is 2.26. The van der Waals surface area contributed by atoms with Gasteiger partial charge in [0, 0.05) is 11.3 Å². The highest BCUT2D eigenvalue weighted by atomic mass is 32.1. The van der Waals surface area contributed by atoms with E-state index in [9.17, 15) is 14.7 Å². The lowest BCUT2D eigenvalue weighted by molar-refractivity contribution is -0.116. The number of rotatable bonds is 5. The molecule has 2 N–H and O–H groups in total. The lowest BCUT2D eigenvalue weighted by Crippen LogP contribution is -2.14. The second kappa shape index (κ2) is 6.32. The number of hydrogen-bond acceptors (Lipinski definition) is 3. The zero-order chi connectivity index (χ0) is 15.5. The molecule has 1 heterocycles. The van der Waals surface area contributed by atoms with Crippen molar-refractivity contribution in [2.75, 3.05) is 5.32 Å². The van der Waals surface area contributed by atoms with Crippen molar-refractivity contribution in [1.29, 1.82) is 0 Å². The Morgan fingerprint density at radius 1 is 1.18 bits per heavy atom. The van der Waals surface area contributed by atoms with Gasteiger partial charge in [0.15, 0.2) is 0 Å². The molecule has 0 saturated carbocycles. The number of amides is 1. The van der Waals surface area contributed by atoms with Gasteiger partial charge in [0.2, 0.25) is 5.91 Å². The molecule has 1 amide bonds. The van der Waals surface area contributed by atoms with Crippen LogP contribution in [0.3, 0.4) is 0 Å². The summed E-state index contributed by atoms with van der Waals surface area (Å²) < 4.78 is 0. The molecule has 2 aromatic rings. The monoisotopic (exact) mass is 315 g/mol. The zero-order valence-corrected chi connectivity index (χ0v) is 12.9. The molecule has 114 valence electrons. The van der Waals surface area contributed by atoms with Gasteiger partial charge in [-0.3, -0.25) is 4.79 Å². The van der Waals surface area contributed by atoms with Crippen molar-refractivity contribution in [3.63, 3.8) is 0 Å². The summed E-state index contributed by atoms with van der Waals surface area (Å²) in [6.45, 7) is 0. The Labute approximate surface area is 132 Å². The second-order valence-electron chi connectivity index (χ2n) is 5.40. The number of benzene rings is 1. The van der Waals surface area contributed by atoms with Gasteiger partial charge in [-0.05, 0) is 36.8 Å². The highest BCUT2D eigenvalue weighted by molar-refractivity contribution is 7.17. The summed E-state index contributed by atoms with van der Waals surface area (Å²) in [5.41, 5.74) is 2.31. The Kier molecular flexibility index (Phi) is 4.24. The van der Waals surface area contributed by atoms with Gasteiger partial charge in [-0.15, -0.1) is 11.3 Å². The van der Waals surface area contributed by atoms with Crippen LogP contribution in [0.4, 0.5) is 5.00 Å². The maximum Gasteiger partial charge on any atom is 0.339 e. The zero-order valence-electron chi connectivity index (χ0n) is 12.1. The number of carboxylic acids is 1. The van der Waals surface area contributed by atoms with Crippen LogP contribution in [0.15, 0.2) is 30.3 Å². The van der Waals surface area contributed by atoms with Crippen molar-refractivity contribution in [2.45, 2.75) is 32.1 Å². The summed E-state index contributed by atoms with van der Waals surface area (Å²) in [5.74, 6) is -1.08. The van der Waals surface area contributed by atoms with Gasteiger partial charge in [0.05, 0.1) is 5.56 Å². The van der Waals surface area contributed by atoms with Gasteiger partial charge in [0.1, 0.15) is 5.00 Å². The van der Waals surface area contributed by atoms with E-state index in [-0.39, 0.29) is 5.91 Å². The molecule has 0 spiro atoms. The molecular weight excluding hydrogens is 298 g/mol. The fourth-order valence-corrected chi connectivity index (χ4v) is 4.11. The summed E-state index contributed by atoms with van der Waals surface area (Å²) in [6, 6.07) is 9.79. The van der Waals surface area contributed by atoms with Crippen molar-refractivity contribution in [3.8, 4) is 0 Å². The SMILES string of the molecule is O=C(CCc1ccccc1)Nc1sc2c(c1C(=O)O)CCC2. The quantitative estimate of drug-likeness (QED) is 0.887. The summed E-state index contributed by atoms with van der Waals surface area (Å²) in [4.78, 5) is 24.7. The van der Waals surface area contributed by atoms with Crippen molar-refractivity contribution < 1.29 is 14.7 Å². The van der Waals surface area contributed by atoms with E-state index in [2.05, 4.69) is 5.32 Å². The number of aryl methyl sites for hydroxylation is 2. The molecule has 0 radical (unpaired) electrons. The molecule has 0 atom stereocenters. The van der Waals surface area contributed by atoms with E-state index in [1.54, 1.807) is 0 Å². The first kappa shape index (κ1) is 14.8. The number of carbonyl (C=O) groups is 2. The van der Waals surface area contributed by atoms with E-state index in [4.69, 9.17) is 0 Å². The number of hydrogen-bond donors (Lipinski definition) is 2. The van der Waals surface area contributed by atoms with Crippen LogP contribution in [0.5, 0.6) is 0 Å². The summed E-state index contributed by atoms with van der Waals surface area (Å²) >= 11 is 1.41. The van der Waals surface area contributed by atoms with Crippen LogP contribution >= 0.6 is 11.3 Å². The van der Waals surface area contributed by atoms with Crippen molar-refractivity contribution >= 4 is 28.2 Å². The minimum absolute atomic E-state index is 0.133. The number of anilines is 1. The van der Waals surface area contributed by atoms with E-state index in [1.165, 1.54) is 11.3 Å². The predicted octanol–water partition coefficient (Wildman–Crippen LogP) is 3.51. The molecule has 1 aliphatic carbocycles. The van der Waals surface area contributed by atoms with Crippen LogP contribution in [0.2, 0.25) is 0 Å². The van der Waals surface area contributed by atoms with Crippen LogP contribution in [0.25, 0.3) is 0 Å². The van der Waals surface area contributed by atoms with Crippen LogP contribution < -0.4 is 5.32 Å². The number of thiophene rings is 1. The van der Waals surface area contributed by atoms with E-state index in [0.29, 0.717) is 23.4 Å². The molecule has 1 aliphatic rings. The van der Waals surface area contributed by atoms with Crippen molar-refractivity contribution in [2.24, 2.45) is 0 Å². The third kappa shape index (κ3) is 3.04. The first-order valence-electron chi connectivity index (χ1n) is 7.37. The number of carboxylic acid groups (broad SMARTS) is 1. The minimum atomic E-state index is -0.947. The average molecular weight is 315 g/mol. The number of nitrogens with one attached hydrogen (secondary N) is 1. The van der Waals surface area contributed by atoms with Crippen LogP contribution in [0, 0.1) is 0 Å². The molecule has 3 rings (SSSR count). The van der Waals surface area contributed by atoms with Crippen LogP contribution in [0.1, 0.15) is 39.2 Å². The largest absolute Gasteiger partial charge is 0.478 e. The summed E-state index contributed by atoms with van der Waals surface area (Å²) in [7, 11) is 0. The summed E-state index contributed by atoms with van der Waals surface area (Å²) in [6.07, 6.45) is 3.73. The molecule has 0 saturated heterocycles. The summed E-state index contributed by atoms with van der Waals surface area (Å²) in [5, 5.41) is 12.7.